The molecule has 0 aromatic heterocycles. The van der Waals surface area contributed by atoms with Crippen molar-refractivity contribution in [3.63, 3.8) is 0 Å². The van der Waals surface area contributed by atoms with Crippen LogP contribution in [-0.4, -0.2) is 112 Å². The van der Waals surface area contributed by atoms with Crippen molar-refractivity contribution >= 4 is 31.1 Å². The van der Waals surface area contributed by atoms with Crippen molar-refractivity contribution in [2.75, 3.05) is 19.8 Å². The molecule has 2 saturated heterocycles. The fourth-order valence-electron chi connectivity index (χ4n) is 2.89. The molecule has 20 heteroatoms. The average molecular weight is 519 g/mol. The largest absolute Gasteiger partial charge is 0.397 e. The molecule has 2 fully saturated rings. The van der Waals surface area contributed by atoms with E-state index in [4.69, 9.17) is 27.9 Å². The molecule has 0 aromatic carbocycles. The predicted octanol–water partition coefficient (Wildman–Crippen LogP) is -3.99. The zero-order chi connectivity index (χ0) is 23.6. The first-order valence-corrected chi connectivity index (χ1v) is 12.5. The Morgan fingerprint density at radius 3 is 2.10 bits per heavy atom. The van der Waals surface area contributed by atoms with Crippen LogP contribution in [0.1, 0.15) is 6.42 Å². The molecule has 6 N–H and O–H groups in total. The van der Waals surface area contributed by atoms with Crippen LogP contribution in [-0.2, 0) is 53.7 Å². The molecule has 0 bridgehead atoms. The van der Waals surface area contributed by atoms with E-state index >= 15 is 0 Å². The lowest BCUT2D eigenvalue weighted by molar-refractivity contribution is -0.279. The zero-order valence-corrected chi connectivity index (χ0v) is 17.8. The van der Waals surface area contributed by atoms with Crippen LogP contribution in [0.4, 0.5) is 0 Å². The van der Waals surface area contributed by atoms with Gasteiger partial charge in [-0.3, -0.25) is 13.7 Å². The number of rotatable bonds is 9. The Morgan fingerprint density at radius 2 is 1.55 bits per heavy atom. The normalized spacial score (nSPS) is 35.7. The maximum absolute atomic E-state index is 11.2. The molecular weight excluding hydrogens is 498 g/mol. The van der Waals surface area contributed by atoms with Gasteiger partial charge in [-0.1, -0.05) is 0 Å². The maximum Gasteiger partial charge on any atom is 0.397 e. The molecule has 2 heterocycles. The Morgan fingerprint density at radius 1 is 0.935 bits per heavy atom. The predicted molar refractivity (Wildman–Crippen MR) is 93.4 cm³/mol. The van der Waals surface area contributed by atoms with Gasteiger partial charge in [-0.25, -0.2) is 8.37 Å². The second-order valence-corrected chi connectivity index (χ2v) is 9.85. The highest BCUT2D eigenvalue weighted by molar-refractivity contribution is 7.83. The number of aliphatic hydroxyl groups is 2. The van der Waals surface area contributed by atoms with Gasteiger partial charge < -0.3 is 24.4 Å². The van der Waals surface area contributed by atoms with Crippen LogP contribution >= 0.6 is 0 Å². The van der Waals surface area contributed by atoms with E-state index in [0.717, 1.165) is 0 Å². The summed E-state index contributed by atoms with van der Waals surface area (Å²) in [6.07, 6.45) is -9.96. The van der Waals surface area contributed by atoms with Crippen molar-refractivity contribution in [2.24, 2.45) is 0 Å². The van der Waals surface area contributed by atoms with Gasteiger partial charge in [0.15, 0.2) is 6.29 Å². The van der Waals surface area contributed by atoms with Gasteiger partial charge in [0.25, 0.3) is 0 Å². The van der Waals surface area contributed by atoms with Crippen molar-refractivity contribution in [1.29, 1.82) is 0 Å². The van der Waals surface area contributed by atoms with Crippen LogP contribution in [0.25, 0.3) is 0 Å². The Bertz CT molecular complexity index is 918. The number of ether oxygens (including phenoxy) is 3. The third-order valence-corrected chi connectivity index (χ3v) is 5.60. The van der Waals surface area contributed by atoms with Gasteiger partial charge in [0.1, 0.15) is 24.4 Å². The third kappa shape index (κ3) is 9.05. The molecule has 184 valence electrons. The minimum absolute atomic E-state index is 0.396. The molecule has 0 radical (unpaired) electrons. The summed E-state index contributed by atoms with van der Waals surface area (Å²) in [5, 5.41) is 20.4. The van der Waals surface area contributed by atoms with Crippen LogP contribution in [0.3, 0.4) is 0 Å². The highest BCUT2D eigenvalue weighted by Gasteiger charge is 2.45. The van der Waals surface area contributed by atoms with Crippen molar-refractivity contribution in [1.82, 2.24) is 4.72 Å². The summed E-state index contributed by atoms with van der Waals surface area (Å²) in [6, 6.07) is -1.67. The Kier molecular flexibility index (Phi) is 8.71. The van der Waals surface area contributed by atoms with Crippen LogP contribution in [0.5, 0.6) is 0 Å². The molecule has 3 unspecified atom stereocenters. The van der Waals surface area contributed by atoms with Crippen molar-refractivity contribution in [3.8, 4) is 0 Å². The second-order valence-electron chi connectivity index (χ2n) is 6.53. The van der Waals surface area contributed by atoms with E-state index in [0.29, 0.717) is 0 Å². The number of hydrogen-bond donors (Lipinski definition) is 6. The summed E-state index contributed by atoms with van der Waals surface area (Å²) in [6.45, 7) is -1.67. The number of nitrogens with one attached hydrogen (secondary N) is 1. The van der Waals surface area contributed by atoms with Gasteiger partial charge in [-0.15, -0.1) is 0 Å². The molecule has 2 rings (SSSR count). The molecule has 0 amide bonds. The van der Waals surface area contributed by atoms with Crippen LogP contribution in [0, 0.1) is 0 Å². The monoisotopic (exact) mass is 519 g/mol. The summed E-state index contributed by atoms with van der Waals surface area (Å²) in [7, 11) is -14.7. The standard InChI is InChI=1S/C11H21NO16S3/c13-6-1-5(2-25-30(18,19)20)26-11(9(6)12-29(15,16)17)27-7-3-24-4-8(10(7)14)28-31(21,22)23/h5-14H,1-4H2,(H,15,16,17)(H,18,19,20)(H,21,22,23)/t5?,6?,7-,8?,9-,10-,11-/m0/s1. The Labute approximate surface area is 177 Å². The van der Waals surface area contributed by atoms with Crippen LogP contribution in [0.2, 0.25) is 0 Å². The summed E-state index contributed by atoms with van der Waals surface area (Å²) in [4.78, 5) is 0. The first-order chi connectivity index (χ1) is 14.0. The molecular formula is C11H21NO16S3. The fourth-order valence-corrected chi connectivity index (χ4v) is 4.31. The van der Waals surface area contributed by atoms with Crippen molar-refractivity contribution in [2.45, 2.75) is 49.3 Å². The van der Waals surface area contributed by atoms with E-state index < -0.39 is 100 Å². The SMILES string of the molecule is O=S(=O)(O)N[C@H]1C(O)CC(COS(=O)(=O)O)O[C@H]1O[C@H]1COCC(OS(=O)(=O)O)[C@H]1O. The topological polar surface area (TPSA) is 262 Å². The molecule has 17 nitrogen and oxygen atoms in total. The lowest BCUT2D eigenvalue weighted by Gasteiger charge is -2.42. The number of hydrogen-bond acceptors (Lipinski definition) is 13. The summed E-state index contributed by atoms with van der Waals surface area (Å²) < 4.78 is 118. The average Bonchev–Trinajstić information content (AvgIpc) is 2.57. The molecule has 0 aromatic rings. The van der Waals surface area contributed by atoms with Gasteiger partial charge in [0.05, 0.1) is 32.0 Å². The van der Waals surface area contributed by atoms with Gasteiger partial charge in [0.2, 0.25) is 0 Å². The molecule has 0 saturated carbocycles. The van der Waals surface area contributed by atoms with E-state index in [1.807, 2.05) is 0 Å². The maximum atomic E-state index is 11.2. The highest BCUT2D eigenvalue weighted by Crippen LogP contribution is 2.26. The second kappa shape index (κ2) is 10.1. The highest BCUT2D eigenvalue weighted by atomic mass is 32.3. The molecule has 0 aliphatic carbocycles. The van der Waals surface area contributed by atoms with E-state index in [1.54, 1.807) is 4.72 Å². The molecule has 31 heavy (non-hydrogen) atoms. The fraction of sp³-hybridized carbons (Fsp3) is 1.00. The van der Waals surface area contributed by atoms with Crippen molar-refractivity contribution in [3.05, 3.63) is 0 Å². The van der Waals surface area contributed by atoms with E-state index in [2.05, 4.69) is 8.37 Å². The zero-order valence-electron chi connectivity index (χ0n) is 15.3. The van der Waals surface area contributed by atoms with Crippen LogP contribution < -0.4 is 4.72 Å². The Hall–Kier alpha value is -0.590. The third-order valence-electron chi connectivity index (χ3n) is 4.11. The minimum atomic E-state index is -4.98. The van der Waals surface area contributed by atoms with Gasteiger partial charge >= 0.3 is 31.1 Å². The number of aliphatic hydroxyl groups excluding tert-OH is 2. The van der Waals surface area contributed by atoms with E-state index in [9.17, 15) is 35.5 Å². The Balaban J connectivity index is 2.17. The van der Waals surface area contributed by atoms with Gasteiger partial charge in [-0.05, 0) is 0 Å². The summed E-state index contributed by atoms with van der Waals surface area (Å²) in [5.74, 6) is 0. The van der Waals surface area contributed by atoms with Gasteiger partial charge in [-0.2, -0.15) is 30.0 Å². The summed E-state index contributed by atoms with van der Waals surface area (Å²) in [5.41, 5.74) is 0. The smallest absolute Gasteiger partial charge is 0.391 e. The van der Waals surface area contributed by atoms with Crippen LogP contribution in [0.15, 0.2) is 0 Å². The molecule has 0 spiro atoms. The lowest BCUT2D eigenvalue weighted by atomic mass is 10.0. The van der Waals surface area contributed by atoms with E-state index in [-0.39, 0.29) is 0 Å². The molecule has 2 aliphatic heterocycles. The molecule has 7 atom stereocenters. The molecule has 2 aliphatic rings. The van der Waals surface area contributed by atoms with E-state index in [1.165, 1.54) is 0 Å². The van der Waals surface area contributed by atoms with Gasteiger partial charge in [0, 0.05) is 6.42 Å². The quantitative estimate of drug-likeness (QED) is 0.158. The minimum Gasteiger partial charge on any atom is -0.391 e. The first kappa shape index (κ1) is 26.7. The lowest BCUT2D eigenvalue weighted by Crippen LogP contribution is -2.61. The van der Waals surface area contributed by atoms with Crippen molar-refractivity contribution < 1.29 is 71.7 Å². The summed E-state index contributed by atoms with van der Waals surface area (Å²) >= 11 is 0. The first-order valence-electron chi connectivity index (χ1n) is 8.31.